The lowest BCUT2D eigenvalue weighted by atomic mass is 9.92. The number of nitrogens with one attached hydrogen (secondary N) is 2. The molecule has 6 nitrogen and oxygen atoms in total. The molecule has 0 radical (unpaired) electrons. The zero-order chi connectivity index (χ0) is 21.8. The molecule has 0 saturated carbocycles. The molecule has 0 spiro atoms. The first-order valence-corrected chi connectivity index (χ1v) is 8.62. The summed E-state index contributed by atoms with van der Waals surface area (Å²) in [5.41, 5.74) is -0.0593. The summed E-state index contributed by atoms with van der Waals surface area (Å²) in [7, 11) is 1.14. The molecule has 29 heavy (non-hydrogen) atoms. The molecule has 2 aromatic rings. The van der Waals surface area contributed by atoms with Crippen LogP contribution in [0.4, 0.5) is 23.7 Å². The van der Waals surface area contributed by atoms with Crippen LogP contribution in [-0.4, -0.2) is 24.1 Å². The predicted octanol–water partition coefficient (Wildman–Crippen LogP) is 4.97. The van der Waals surface area contributed by atoms with Gasteiger partial charge in [0, 0.05) is 5.69 Å². The number of benzene rings is 2. The van der Waals surface area contributed by atoms with Gasteiger partial charge in [0.25, 0.3) is 0 Å². The summed E-state index contributed by atoms with van der Waals surface area (Å²) < 4.78 is 44.2. The van der Waals surface area contributed by atoms with E-state index in [0.717, 1.165) is 24.8 Å². The lowest BCUT2D eigenvalue weighted by molar-refractivity contribution is -0.138. The summed E-state index contributed by atoms with van der Waals surface area (Å²) >= 11 is 0. The molecule has 2 aromatic carbocycles. The molecule has 0 aromatic heterocycles. The van der Waals surface area contributed by atoms with Crippen molar-refractivity contribution < 1.29 is 27.9 Å². The number of hydrogen-bond acceptors (Lipinski definition) is 4. The van der Waals surface area contributed by atoms with Crippen molar-refractivity contribution in [1.82, 2.24) is 5.32 Å². The minimum Gasteiger partial charge on any atom is -0.496 e. The van der Waals surface area contributed by atoms with Gasteiger partial charge in [0.05, 0.1) is 23.9 Å². The van der Waals surface area contributed by atoms with E-state index in [0.29, 0.717) is 11.3 Å². The van der Waals surface area contributed by atoms with Crippen LogP contribution in [0.2, 0.25) is 0 Å². The van der Waals surface area contributed by atoms with Gasteiger partial charge in [-0.05, 0) is 56.2 Å². The fraction of sp³-hybridized carbons (Fsp3) is 0.300. The smallest absolute Gasteiger partial charge is 0.420 e. The Morgan fingerprint density at radius 1 is 1.14 bits per heavy atom. The van der Waals surface area contributed by atoms with Crippen LogP contribution in [0.5, 0.6) is 5.75 Å². The molecule has 9 heteroatoms. The SMILES string of the molecule is COc1ccc(NC(=O)NC(C)(C)c2cccc(/C(C)=N/O)c2)cc1C(F)(F)F. The standard InChI is InChI=1S/C20H22F3N3O3/c1-12(26-28)13-6-5-7-14(10-13)19(2,3)25-18(27)24-15-8-9-17(29-4)16(11-15)20(21,22)23/h5-11,28H,1-4H3,(H2,24,25,27)/b26-12+. The van der Waals surface area contributed by atoms with Gasteiger partial charge in [-0.25, -0.2) is 4.79 Å². The van der Waals surface area contributed by atoms with Gasteiger partial charge in [-0.15, -0.1) is 0 Å². The Morgan fingerprint density at radius 3 is 2.41 bits per heavy atom. The maximum Gasteiger partial charge on any atom is 0.420 e. The summed E-state index contributed by atoms with van der Waals surface area (Å²) in [4.78, 5) is 12.4. The molecule has 0 atom stereocenters. The van der Waals surface area contributed by atoms with E-state index in [1.807, 2.05) is 0 Å². The number of carbonyl (C=O) groups is 1. The van der Waals surface area contributed by atoms with E-state index in [1.165, 1.54) is 6.07 Å². The number of carbonyl (C=O) groups excluding carboxylic acids is 1. The summed E-state index contributed by atoms with van der Waals surface area (Å²) in [5, 5.41) is 17.2. The fourth-order valence-electron chi connectivity index (χ4n) is 2.72. The molecule has 0 bridgehead atoms. The third-order valence-electron chi connectivity index (χ3n) is 4.34. The quantitative estimate of drug-likeness (QED) is 0.370. The van der Waals surface area contributed by atoms with E-state index in [-0.39, 0.29) is 11.4 Å². The van der Waals surface area contributed by atoms with E-state index in [4.69, 9.17) is 9.94 Å². The number of alkyl halides is 3. The van der Waals surface area contributed by atoms with E-state index < -0.39 is 23.3 Å². The minimum absolute atomic E-state index is 0.0246. The maximum absolute atomic E-state index is 13.1. The van der Waals surface area contributed by atoms with Crippen LogP contribution in [0.25, 0.3) is 0 Å². The van der Waals surface area contributed by atoms with Crippen molar-refractivity contribution in [3.05, 3.63) is 59.2 Å². The van der Waals surface area contributed by atoms with Crippen LogP contribution in [0.15, 0.2) is 47.6 Å². The molecule has 0 unspecified atom stereocenters. The lowest BCUT2D eigenvalue weighted by Gasteiger charge is -2.27. The van der Waals surface area contributed by atoms with Gasteiger partial charge in [0.2, 0.25) is 0 Å². The van der Waals surface area contributed by atoms with Gasteiger partial charge in [0.1, 0.15) is 5.75 Å². The van der Waals surface area contributed by atoms with Crippen LogP contribution in [-0.2, 0) is 11.7 Å². The van der Waals surface area contributed by atoms with Crippen LogP contribution in [0.1, 0.15) is 37.5 Å². The monoisotopic (exact) mass is 409 g/mol. The van der Waals surface area contributed by atoms with Crippen molar-refractivity contribution in [2.24, 2.45) is 5.16 Å². The van der Waals surface area contributed by atoms with Crippen molar-refractivity contribution in [3.8, 4) is 5.75 Å². The molecular weight excluding hydrogens is 387 g/mol. The number of nitrogens with zero attached hydrogens (tertiary/aromatic N) is 1. The summed E-state index contributed by atoms with van der Waals surface area (Å²) in [6.45, 7) is 5.12. The summed E-state index contributed by atoms with van der Waals surface area (Å²) in [6, 6.07) is 9.64. The van der Waals surface area contributed by atoms with Crippen molar-refractivity contribution in [2.75, 3.05) is 12.4 Å². The van der Waals surface area contributed by atoms with Crippen molar-refractivity contribution in [2.45, 2.75) is 32.5 Å². The van der Waals surface area contributed by atoms with E-state index in [9.17, 15) is 18.0 Å². The van der Waals surface area contributed by atoms with E-state index >= 15 is 0 Å². The number of anilines is 1. The molecule has 0 aliphatic carbocycles. The summed E-state index contributed by atoms with van der Waals surface area (Å²) in [6.07, 6.45) is -4.62. The van der Waals surface area contributed by atoms with Gasteiger partial charge >= 0.3 is 12.2 Å². The molecule has 0 fully saturated rings. The first-order chi connectivity index (χ1) is 13.5. The third kappa shape index (κ3) is 5.40. The van der Waals surface area contributed by atoms with E-state index in [1.54, 1.807) is 45.0 Å². The Balaban J connectivity index is 2.20. The Bertz CT molecular complexity index is 925. The first kappa shape index (κ1) is 22.1. The van der Waals surface area contributed by atoms with Gasteiger partial charge < -0.3 is 20.6 Å². The number of oxime groups is 1. The zero-order valence-electron chi connectivity index (χ0n) is 16.4. The van der Waals surface area contributed by atoms with Crippen LogP contribution in [0.3, 0.4) is 0 Å². The molecule has 0 aliphatic rings. The van der Waals surface area contributed by atoms with Crippen LogP contribution < -0.4 is 15.4 Å². The Kier molecular flexibility index (Phi) is 6.41. The van der Waals surface area contributed by atoms with Crippen molar-refractivity contribution >= 4 is 17.4 Å². The van der Waals surface area contributed by atoms with Gasteiger partial charge in [-0.3, -0.25) is 0 Å². The van der Waals surface area contributed by atoms with Crippen LogP contribution >= 0.6 is 0 Å². The molecule has 156 valence electrons. The Hall–Kier alpha value is -3.23. The largest absolute Gasteiger partial charge is 0.496 e. The molecule has 2 rings (SSSR count). The highest BCUT2D eigenvalue weighted by Crippen LogP contribution is 2.37. The highest BCUT2D eigenvalue weighted by atomic mass is 19.4. The maximum atomic E-state index is 13.1. The molecule has 0 saturated heterocycles. The Morgan fingerprint density at radius 2 is 1.83 bits per heavy atom. The fourth-order valence-corrected chi connectivity index (χ4v) is 2.72. The highest BCUT2D eigenvalue weighted by molar-refractivity contribution is 5.98. The highest BCUT2D eigenvalue weighted by Gasteiger charge is 2.34. The van der Waals surface area contributed by atoms with Gasteiger partial charge in [-0.1, -0.05) is 23.4 Å². The number of ether oxygens (including phenoxy) is 1. The number of halogens is 3. The average Bonchev–Trinajstić information content (AvgIpc) is 2.66. The first-order valence-electron chi connectivity index (χ1n) is 8.62. The molecule has 2 amide bonds. The average molecular weight is 409 g/mol. The molecular formula is C20H22F3N3O3. The zero-order valence-corrected chi connectivity index (χ0v) is 16.4. The number of urea groups is 1. The number of methoxy groups -OCH3 is 1. The Labute approximate surface area is 166 Å². The number of amides is 2. The predicted molar refractivity (Wildman–Crippen MR) is 104 cm³/mol. The molecule has 3 N–H and O–H groups in total. The molecule has 0 aliphatic heterocycles. The third-order valence-corrected chi connectivity index (χ3v) is 4.34. The second-order valence-corrected chi connectivity index (χ2v) is 6.88. The normalized spacial score (nSPS) is 12.4. The summed E-state index contributed by atoms with van der Waals surface area (Å²) in [5.74, 6) is -0.332. The van der Waals surface area contributed by atoms with Crippen LogP contribution in [0, 0.1) is 0 Å². The van der Waals surface area contributed by atoms with E-state index in [2.05, 4.69) is 15.8 Å². The molecule has 0 heterocycles. The minimum atomic E-state index is -4.62. The van der Waals surface area contributed by atoms with Gasteiger partial charge in [-0.2, -0.15) is 13.2 Å². The van der Waals surface area contributed by atoms with Crippen molar-refractivity contribution in [3.63, 3.8) is 0 Å². The lowest BCUT2D eigenvalue weighted by Crippen LogP contribution is -2.43. The van der Waals surface area contributed by atoms with Gasteiger partial charge in [0.15, 0.2) is 0 Å². The van der Waals surface area contributed by atoms with Crippen molar-refractivity contribution in [1.29, 1.82) is 0 Å². The number of rotatable bonds is 5. The second kappa shape index (κ2) is 8.42. The second-order valence-electron chi connectivity index (χ2n) is 6.88. The topological polar surface area (TPSA) is 83.0 Å². The number of hydrogen-bond donors (Lipinski definition) is 3.